The standard InChI is InChI=1S/C21H17F6N5O2S/c1-11(20(22,23)24)31-35(33,34)14-4-5-17(29-9-14)18-16(7-28)15-6-13(21(25,26)27)8-30-19(15)32(18)10-12-2-3-12/h4-6,8-9,11-12,31H,2-3,10H2,1H3/t11-/m0/s1. The van der Waals surface area contributed by atoms with Crippen molar-refractivity contribution in [3.63, 3.8) is 0 Å². The number of fused-ring (bicyclic) bond motifs is 1. The summed E-state index contributed by atoms with van der Waals surface area (Å²) in [4.78, 5) is 7.43. The van der Waals surface area contributed by atoms with Crippen molar-refractivity contribution in [3.05, 3.63) is 41.7 Å². The Balaban J connectivity index is 1.81. The summed E-state index contributed by atoms with van der Waals surface area (Å²) in [5, 5.41) is 9.75. The van der Waals surface area contributed by atoms with E-state index in [0.717, 1.165) is 31.2 Å². The van der Waals surface area contributed by atoms with E-state index >= 15 is 0 Å². The second-order valence-corrected chi connectivity index (χ2v) is 9.96. The van der Waals surface area contributed by atoms with Crippen LogP contribution in [-0.2, 0) is 22.7 Å². The van der Waals surface area contributed by atoms with Gasteiger partial charge in [0.2, 0.25) is 10.0 Å². The number of hydrogen-bond donors (Lipinski definition) is 1. The van der Waals surface area contributed by atoms with Crippen LogP contribution < -0.4 is 4.72 Å². The van der Waals surface area contributed by atoms with Crippen molar-refractivity contribution in [2.75, 3.05) is 0 Å². The van der Waals surface area contributed by atoms with Gasteiger partial charge in [-0.3, -0.25) is 4.98 Å². The fraction of sp³-hybridized carbons (Fsp3) is 0.381. The third kappa shape index (κ3) is 4.96. The van der Waals surface area contributed by atoms with E-state index in [0.29, 0.717) is 19.7 Å². The van der Waals surface area contributed by atoms with Crippen molar-refractivity contribution in [3.8, 4) is 17.5 Å². The van der Waals surface area contributed by atoms with Gasteiger partial charge in [-0.15, -0.1) is 0 Å². The van der Waals surface area contributed by atoms with Crippen molar-refractivity contribution >= 4 is 21.1 Å². The first-order chi connectivity index (χ1) is 16.2. The molecule has 0 bridgehead atoms. The van der Waals surface area contributed by atoms with Crippen LogP contribution in [0.1, 0.15) is 30.9 Å². The van der Waals surface area contributed by atoms with Gasteiger partial charge in [-0.2, -0.15) is 36.3 Å². The van der Waals surface area contributed by atoms with E-state index in [4.69, 9.17) is 0 Å². The summed E-state index contributed by atoms with van der Waals surface area (Å²) >= 11 is 0. The maximum absolute atomic E-state index is 13.2. The lowest BCUT2D eigenvalue weighted by molar-refractivity contribution is -0.147. The minimum atomic E-state index is -4.80. The minimum absolute atomic E-state index is 0.0304. The van der Waals surface area contributed by atoms with Gasteiger partial charge in [0.1, 0.15) is 22.7 Å². The molecular formula is C21H17F6N5O2S. The minimum Gasteiger partial charge on any atom is -0.323 e. The number of hydrogen-bond acceptors (Lipinski definition) is 5. The predicted molar refractivity (Wildman–Crippen MR) is 111 cm³/mol. The number of nitriles is 1. The first kappa shape index (κ1) is 24.9. The van der Waals surface area contributed by atoms with E-state index < -0.39 is 38.9 Å². The van der Waals surface area contributed by atoms with Crippen molar-refractivity contribution < 1.29 is 34.8 Å². The molecule has 1 aliphatic carbocycles. The molecule has 0 saturated heterocycles. The molecule has 0 aliphatic heterocycles. The van der Waals surface area contributed by atoms with Gasteiger partial charge in [0, 0.05) is 24.3 Å². The van der Waals surface area contributed by atoms with Crippen molar-refractivity contribution in [1.82, 2.24) is 19.3 Å². The van der Waals surface area contributed by atoms with E-state index in [-0.39, 0.29) is 33.9 Å². The highest BCUT2D eigenvalue weighted by atomic mass is 32.2. The summed E-state index contributed by atoms with van der Waals surface area (Å²) < 4.78 is 106. The maximum atomic E-state index is 13.2. The largest absolute Gasteiger partial charge is 0.417 e. The molecule has 1 aliphatic rings. The Bertz CT molecular complexity index is 1420. The van der Waals surface area contributed by atoms with E-state index in [2.05, 4.69) is 9.97 Å². The van der Waals surface area contributed by atoms with Crippen LogP contribution in [0.25, 0.3) is 22.4 Å². The molecule has 0 spiro atoms. The van der Waals surface area contributed by atoms with Crippen LogP contribution in [0, 0.1) is 17.2 Å². The van der Waals surface area contributed by atoms with Gasteiger partial charge in [0.05, 0.1) is 22.5 Å². The molecular weight excluding hydrogens is 500 g/mol. The van der Waals surface area contributed by atoms with Crippen molar-refractivity contribution in [2.24, 2.45) is 5.92 Å². The molecule has 3 aromatic heterocycles. The summed E-state index contributed by atoms with van der Waals surface area (Å²) in [5.74, 6) is 0.229. The van der Waals surface area contributed by atoms with E-state index in [9.17, 15) is 40.0 Å². The third-order valence-corrected chi connectivity index (χ3v) is 7.11. The number of nitrogens with zero attached hydrogens (tertiary/aromatic N) is 4. The molecule has 1 N–H and O–H groups in total. The van der Waals surface area contributed by atoms with Gasteiger partial charge in [0.25, 0.3) is 0 Å². The van der Waals surface area contributed by atoms with Crippen LogP contribution in [0.4, 0.5) is 26.3 Å². The third-order valence-electron chi connectivity index (χ3n) is 5.59. The van der Waals surface area contributed by atoms with Crippen LogP contribution in [-0.4, -0.2) is 35.2 Å². The zero-order valence-electron chi connectivity index (χ0n) is 17.9. The smallest absolute Gasteiger partial charge is 0.323 e. The molecule has 7 nitrogen and oxygen atoms in total. The van der Waals surface area contributed by atoms with Crippen LogP contribution in [0.2, 0.25) is 0 Å². The summed E-state index contributed by atoms with van der Waals surface area (Å²) in [7, 11) is -4.56. The van der Waals surface area contributed by atoms with Crippen LogP contribution in [0.3, 0.4) is 0 Å². The maximum Gasteiger partial charge on any atom is 0.417 e. The molecule has 0 aromatic carbocycles. The van der Waals surface area contributed by atoms with Crippen LogP contribution >= 0.6 is 0 Å². The number of rotatable bonds is 6. The zero-order chi connectivity index (χ0) is 25.8. The summed E-state index contributed by atoms with van der Waals surface area (Å²) in [6.07, 6.45) is -6.21. The Hall–Kier alpha value is -3.18. The Labute approximate surface area is 195 Å². The molecule has 0 radical (unpaired) electrons. The molecule has 4 rings (SSSR count). The monoisotopic (exact) mass is 517 g/mol. The lowest BCUT2D eigenvalue weighted by Gasteiger charge is -2.17. The highest BCUT2D eigenvalue weighted by molar-refractivity contribution is 7.89. The van der Waals surface area contributed by atoms with Crippen LogP contribution in [0.5, 0.6) is 0 Å². The lowest BCUT2D eigenvalue weighted by Crippen LogP contribution is -2.42. The topological polar surface area (TPSA) is 101 Å². The van der Waals surface area contributed by atoms with Crippen molar-refractivity contribution in [1.29, 1.82) is 5.26 Å². The van der Waals surface area contributed by atoms with E-state index in [1.807, 2.05) is 6.07 Å². The molecule has 0 unspecified atom stereocenters. The number of aromatic nitrogens is 3. The average molecular weight is 517 g/mol. The van der Waals surface area contributed by atoms with Gasteiger partial charge in [-0.1, -0.05) is 0 Å². The van der Waals surface area contributed by atoms with Crippen LogP contribution in [0.15, 0.2) is 35.5 Å². The second kappa shape index (κ2) is 8.49. The Morgan fingerprint density at radius 2 is 1.86 bits per heavy atom. The Kier molecular flexibility index (Phi) is 6.05. The number of alkyl halides is 6. The number of sulfonamides is 1. The fourth-order valence-corrected chi connectivity index (χ4v) is 4.72. The van der Waals surface area contributed by atoms with E-state index in [1.165, 1.54) is 10.8 Å². The summed E-state index contributed by atoms with van der Waals surface area (Å²) in [6, 6.07) is 2.59. The molecule has 3 aromatic rings. The highest BCUT2D eigenvalue weighted by Gasteiger charge is 2.39. The number of halogens is 6. The van der Waals surface area contributed by atoms with Gasteiger partial charge >= 0.3 is 12.4 Å². The quantitative estimate of drug-likeness (QED) is 0.481. The first-order valence-corrected chi connectivity index (χ1v) is 11.8. The first-order valence-electron chi connectivity index (χ1n) is 10.3. The molecule has 0 amide bonds. The zero-order valence-corrected chi connectivity index (χ0v) is 18.8. The Morgan fingerprint density at radius 1 is 1.17 bits per heavy atom. The van der Waals surface area contributed by atoms with Crippen molar-refractivity contribution in [2.45, 2.75) is 49.6 Å². The molecule has 35 heavy (non-hydrogen) atoms. The Morgan fingerprint density at radius 3 is 2.37 bits per heavy atom. The summed E-state index contributed by atoms with van der Waals surface area (Å²) in [5.41, 5.74) is -0.781. The summed E-state index contributed by atoms with van der Waals surface area (Å²) in [6.45, 7) is 1.01. The van der Waals surface area contributed by atoms with E-state index in [1.54, 1.807) is 4.57 Å². The van der Waals surface area contributed by atoms with Gasteiger partial charge in [0.15, 0.2) is 0 Å². The van der Waals surface area contributed by atoms with Gasteiger partial charge in [-0.25, -0.2) is 13.4 Å². The fourth-order valence-electron chi connectivity index (χ4n) is 3.54. The number of pyridine rings is 2. The van der Waals surface area contributed by atoms with Gasteiger partial charge in [-0.05, 0) is 43.9 Å². The van der Waals surface area contributed by atoms with Gasteiger partial charge < -0.3 is 4.57 Å². The molecule has 1 saturated carbocycles. The SMILES string of the molecule is C[C@H](NS(=O)(=O)c1ccc(-c2c(C#N)c3cc(C(F)(F)F)cnc3n2CC2CC2)nc1)C(F)(F)F. The molecule has 1 fully saturated rings. The molecule has 186 valence electrons. The average Bonchev–Trinajstić information content (AvgIpc) is 3.53. The highest BCUT2D eigenvalue weighted by Crippen LogP contribution is 2.39. The molecule has 14 heteroatoms. The predicted octanol–water partition coefficient (Wildman–Crippen LogP) is 4.63. The molecule has 1 atom stereocenters. The molecule has 3 heterocycles. The lowest BCUT2D eigenvalue weighted by atomic mass is 10.1. The second-order valence-electron chi connectivity index (χ2n) is 8.25. The normalized spacial score (nSPS) is 15.8. The number of nitrogens with one attached hydrogen (secondary N) is 1.